The van der Waals surface area contributed by atoms with Crippen LogP contribution in [-0.2, 0) is 4.79 Å². The summed E-state index contributed by atoms with van der Waals surface area (Å²) in [6.45, 7) is 1.60. The van der Waals surface area contributed by atoms with Crippen molar-refractivity contribution in [3.05, 3.63) is 53.7 Å². The van der Waals surface area contributed by atoms with Crippen LogP contribution in [0.25, 0.3) is 11.0 Å². The molecule has 7 heteroatoms. The SMILES string of the molecule is CC(Oc1ccc(N(C)c2cnc3cc(Cl)ccc3n2)cc1)C(=O)Cl. The maximum Gasteiger partial charge on any atom is 0.262 e. The molecule has 0 aliphatic rings. The van der Waals surface area contributed by atoms with Crippen molar-refractivity contribution in [3.63, 3.8) is 0 Å². The number of carbonyl (C=O) groups is 1. The molecule has 0 aliphatic carbocycles. The molecule has 128 valence electrons. The monoisotopic (exact) mass is 375 g/mol. The Balaban J connectivity index is 1.81. The second-order valence-electron chi connectivity index (χ2n) is 5.48. The van der Waals surface area contributed by atoms with Crippen molar-refractivity contribution in [2.45, 2.75) is 13.0 Å². The first-order chi connectivity index (χ1) is 11.9. The minimum Gasteiger partial charge on any atom is -0.482 e. The molecule has 0 bridgehead atoms. The molecule has 0 spiro atoms. The molecule has 25 heavy (non-hydrogen) atoms. The summed E-state index contributed by atoms with van der Waals surface area (Å²) in [6, 6.07) is 12.7. The van der Waals surface area contributed by atoms with Crippen LogP contribution in [0.5, 0.6) is 5.75 Å². The molecular formula is C18H15Cl2N3O2. The highest BCUT2D eigenvalue weighted by atomic mass is 35.5. The van der Waals surface area contributed by atoms with Crippen LogP contribution < -0.4 is 9.64 Å². The molecule has 0 fully saturated rings. The fraction of sp³-hybridized carbons (Fsp3) is 0.167. The van der Waals surface area contributed by atoms with Crippen molar-refractivity contribution in [2.24, 2.45) is 0 Å². The predicted octanol–water partition coefficient (Wildman–Crippen LogP) is 4.58. The molecule has 0 saturated carbocycles. The molecule has 1 unspecified atom stereocenters. The highest BCUT2D eigenvalue weighted by Gasteiger charge is 2.12. The predicted molar refractivity (Wildman–Crippen MR) is 100 cm³/mol. The molecule has 1 heterocycles. The Labute approximate surface area is 155 Å². The van der Waals surface area contributed by atoms with Gasteiger partial charge in [0.25, 0.3) is 5.24 Å². The maximum atomic E-state index is 11.0. The molecule has 1 atom stereocenters. The van der Waals surface area contributed by atoms with Gasteiger partial charge >= 0.3 is 0 Å². The van der Waals surface area contributed by atoms with E-state index in [0.29, 0.717) is 16.6 Å². The zero-order valence-corrected chi connectivity index (χ0v) is 15.1. The third kappa shape index (κ3) is 4.00. The number of fused-ring (bicyclic) bond motifs is 1. The van der Waals surface area contributed by atoms with Gasteiger partial charge in [-0.05, 0) is 61.0 Å². The number of ether oxygens (including phenoxy) is 1. The van der Waals surface area contributed by atoms with E-state index in [9.17, 15) is 4.79 Å². The number of aromatic nitrogens is 2. The van der Waals surface area contributed by atoms with Crippen LogP contribution in [-0.4, -0.2) is 28.4 Å². The molecule has 5 nitrogen and oxygen atoms in total. The van der Waals surface area contributed by atoms with E-state index in [0.717, 1.165) is 16.7 Å². The highest BCUT2D eigenvalue weighted by molar-refractivity contribution is 6.64. The molecular weight excluding hydrogens is 361 g/mol. The molecule has 0 radical (unpaired) electrons. The number of halogens is 2. The van der Waals surface area contributed by atoms with Crippen LogP contribution in [0, 0.1) is 0 Å². The van der Waals surface area contributed by atoms with Crippen LogP contribution in [0.2, 0.25) is 5.02 Å². The van der Waals surface area contributed by atoms with Gasteiger partial charge in [0.1, 0.15) is 5.75 Å². The van der Waals surface area contributed by atoms with Crippen molar-refractivity contribution in [2.75, 3.05) is 11.9 Å². The number of carbonyl (C=O) groups excluding carboxylic acids is 1. The summed E-state index contributed by atoms with van der Waals surface area (Å²) in [4.78, 5) is 21.9. The number of nitrogens with zero attached hydrogens (tertiary/aromatic N) is 3. The largest absolute Gasteiger partial charge is 0.482 e. The summed E-state index contributed by atoms with van der Waals surface area (Å²) in [5.74, 6) is 1.27. The first-order valence-electron chi connectivity index (χ1n) is 7.56. The first-order valence-corrected chi connectivity index (χ1v) is 8.32. The maximum absolute atomic E-state index is 11.0. The molecule has 0 amide bonds. The zero-order valence-electron chi connectivity index (χ0n) is 13.6. The molecule has 0 aliphatic heterocycles. The van der Waals surface area contributed by atoms with Crippen LogP contribution in [0.15, 0.2) is 48.7 Å². The average Bonchev–Trinajstić information content (AvgIpc) is 2.61. The summed E-state index contributed by atoms with van der Waals surface area (Å²) >= 11 is 11.4. The van der Waals surface area contributed by atoms with Gasteiger partial charge in [0, 0.05) is 17.8 Å². The van der Waals surface area contributed by atoms with Gasteiger partial charge in [-0.1, -0.05) is 11.6 Å². The topological polar surface area (TPSA) is 55.3 Å². The van der Waals surface area contributed by atoms with Gasteiger partial charge in [0.2, 0.25) is 0 Å². The lowest BCUT2D eigenvalue weighted by Gasteiger charge is -2.19. The van der Waals surface area contributed by atoms with Crippen molar-refractivity contribution in [3.8, 4) is 5.75 Å². The van der Waals surface area contributed by atoms with Gasteiger partial charge in [0.05, 0.1) is 17.2 Å². The lowest BCUT2D eigenvalue weighted by molar-refractivity contribution is -0.117. The van der Waals surface area contributed by atoms with E-state index in [4.69, 9.17) is 27.9 Å². The van der Waals surface area contributed by atoms with E-state index in [1.54, 1.807) is 37.4 Å². The Kier molecular flexibility index (Phi) is 5.06. The van der Waals surface area contributed by atoms with Gasteiger partial charge < -0.3 is 9.64 Å². The quantitative estimate of drug-likeness (QED) is 0.610. The Morgan fingerprint density at radius 1 is 1.16 bits per heavy atom. The van der Waals surface area contributed by atoms with Crippen molar-refractivity contribution in [1.29, 1.82) is 0 Å². The first kappa shape index (κ1) is 17.5. The van der Waals surface area contributed by atoms with E-state index in [1.807, 2.05) is 30.1 Å². The Hall–Kier alpha value is -2.37. The summed E-state index contributed by atoms with van der Waals surface area (Å²) < 4.78 is 5.44. The molecule has 0 saturated heterocycles. The lowest BCUT2D eigenvalue weighted by Crippen LogP contribution is -2.19. The zero-order chi connectivity index (χ0) is 18.0. The summed E-state index contributed by atoms with van der Waals surface area (Å²) in [5.41, 5.74) is 2.41. The fourth-order valence-corrected chi connectivity index (χ4v) is 2.48. The second kappa shape index (κ2) is 7.25. The van der Waals surface area contributed by atoms with Crippen molar-refractivity contribution >= 4 is 51.0 Å². The Bertz CT molecular complexity index is 916. The van der Waals surface area contributed by atoms with Gasteiger partial charge in [0.15, 0.2) is 11.9 Å². The molecule has 2 aromatic carbocycles. The normalized spacial score (nSPS) is 12.0. The highest BCUT2D eigenvalue weighted by Crippen LogP contribution is 2.26. The number of rotatable bonds is 5. The van der Waals surface area contributed by atoms with E-state index < -0.39 is 11.3 Å². The van der Waals surface area contributed by atoms with Crippen LogP contribution >= 0.6 is 23.2 Å². The molecule has 3 aromatic rings. The number of benzene rings is 2. The number of hydrogen-bond donors (Lipinski definition) is 0. The molecule has 0 N–H and O–H groups in total. The Morgan fingerprint density at radius 2 is 1.88 bits per heavy atom. The number of hydrogen-bond acceptors (Lipinski definition) is 5. The average molecular weight is 376 g/mol. The summed E-state index contributed by atoms with van der Waals surface area (Å²) in [6.07, 6.45) is 1.00. The van der Waals surface area contributed by atoms with Gasteiger partial charge in [-0.25, -0.2) is 4.98 Å². The smallest absolute Gasteiger partial charge is 0.262 e. The summed E-state index contributed by atoms with van der Waals surface area (Å²) in [5, 5.41) is 0.0934. The van der Waals surface area contributed by atoms with E-state index in [1.165, 1.54) is 0 Å². The fourth-order valence-electron chi connectivity index (χ4n) is 2.27. The minimum atomic E-state index is -0.691. The van der Waals surface area contributed by atoms with Crippen molar-refractivity contribution in [1.82, 2.24) is 9.97 Å². The summed E-state index contributed by atoms with van der Waals surface area (Å²) in [7, 11) is 1.90. The van der Waals surface area contributed by atoms with Gasteiger partial charge in [-0.2, -0.15) is 0 Å². The van der Waals surface area contributed by atoms with Gasteiger partial charge in [-0.3, -0.25) is 9.78 Å². The lowest BCUT2D eigenvalue weighted by atomic mass is 10.2. The van der Waals surface area contributed by atoms with E-state index >= 15 is 0 Å². The molecule has 1 aromatic heterocycles. The van der Waals surface area contributed by atoms with E-state index in [-0.39, 0.29) is 0 Å². The standard InChI is InChI=1S/C18H15Cl2N3O2/c1-11(18(20)24)25-14-6-4-13(5-7-14)23(2)17-10-21-16-9-12(19)3-8-15(16)22-17/h3-11H,1-2H3. The van der Waals surface area contributed by atoms with Crippen LogP contribution in [0.4, 0.5) is 11.5 Å². The Morgan fingerprint density at radius 3 is 2.56 bits per heavy atom. The van der Waals surface area contributed by atoms with Crippen LogP contribution in [0.3, 0.4) is 0 Å². The third-order valence-corrected chi connectivity index (χ3v) is 4.23. The van der Waals surface area contributed by atoms with Crippen LogP contribution in [0.1, 0.15) is 6.92 Å². The second-order valence-corrected chi connectivity index (χ2v) is 6.29. The van der Waals surface area contributed by atoms with Crippen molar-refractivity contribution < 1.29 is 9.53 Å². The van der Waals surface area contributed by atoms with E-state index in [2.05, 4.69) is 9.97 Å². The molecule has 3 rings (SSSR count). The minimum absolute atomic E-state index is 0.535. The number of anilines is 2. The third-order valence-electron chi connectivity index (χ3n) is 3.69. The van der Waals surface area contributed by atoms with Gasteiger partial charge in [-0.15, -0.1) is 0 Å².